The van der Waals surface area contributed by atoms with Crippen LogP contribution < -0.4 is 15.2 Å². The zero-order valence-electron chi connectivity index (χ0n) is 19.0. The predicted octanol–water partition coefficient (Wildman–Crippen LogP) is 2.59. The van der Waals surface area contributed by atoms with Crippen LogP contribution in [0.3, 0.4) is 0 Å². The summed E-state index contributed by atoms with van der Waals surface area (Å²) in [4.78, 5) is 19.2. The molecule has 1 fully saturated rings. The van der Waals surface area contributed by atoms with Gasteiger partial charge in [0.2, 0.25) is 0 Å². The van der Waals surface area contributed by atoms with Gasteiger partial charge in [0.15, 0.2) is 11.1 Å². The van der Waals surface area contributed by atoms with E-state index in [1.165, 1.54) is 4.57 Å². The second-order valence-electron chi connectivity index (χ2n) is 8.10. The highest BCUT2D eigenvalue weighted by Gasteiger charge is 2.33. The average Bonchev–Trinajstić information content (AvgIpc) is 2.83. The molecule has 0 radical (unpaired) electrons. The van der Waals surface area contributed by atoms with Crippen LogP contribution in [-0.2, 0) is 28.6 Å². The Balaban J connectivity index is 1.58. The number of hydrogen-bond donors (Lipinski definition) is 1. The maximum Gasteiger partial charge on any atom is 0.252 e. The summed E-state index contributed by atoms with van der Waals surface area (Å²) >= 11 is -1.89. The van der Waals surface area contributed by atoms with Crippen molar-refractivity contribution in [3.63, 3.8) is 0 Å². The van der Waals surface area contributed by atoms with Gasteiger partial charge in [0, 0.05) is 39.2 Å². The molecule has 0 spiro atoms. The molecule has 3 aromatic rings. The Morgan fingerprint density at radius 2 is 2.00 bits per heavy atom. The zero-order chi connectivity index (χ0) is 24.2. The highest BCUT2D eigenvalue weighted by molar-refractivity contribution is 7.78. The van der Waals surface area contributed by atoms with Crippen molar-refractivity contribution >= 4 is 27.8 Å². The number of benzene rings is 1. The van der Waals surface area contributed by atoms with E-state index in [-0.39, 0.29) is 23.5 Å². The first-order chi connectivity index (χ1) is 16.4. The molecule has 4 rings (SSSR count). The quantitative estimate of drug-likeness (QED) is 0.511. The van der Waals surface area contributed by atoms with Gasteiger partial charge >= 0.3 is 0 Å². The van der Waals surface area contributed by atoms with Gasteiger partial charge in [0.1, 0.15) is 35.2 Å². The molecule has 1 unspecified atom stereocenters. The summed E-state index contributed by atoms with van der Waals surface area (Å²) in [5, 5.41) is 9.31. The summed E-state index contributed by atoms with van der Waals surface area (Å²) in [5.74, 6) is 0.738. The van der Waals surface area contributed by atoms with Crippen molar-refractivity contribution in [1.82, 2.24) is 9.55 Å². The van der Waals surface area contributed by atoms with Gasteiger partial charge in [-0.05, 0) is 36.8 Å². The third-order valence-electron chi connectivity index (χ3n) is 5.90. The van der Waals surface area contributed by atoms with E-state index in [4.69, 9.17) is 14.0 Å². The number of hydrogen-bond acceptors (Lipinski definition) is 7. The van der Waals surface area contributed by atoms with Crippen LogP contribution in [0.5, 0.6) is 5.75 Å². The molecule has 1 aliphatic rings. The van der Waals surface area contributed by atoms with Gasteiger partial charge in [0.05, 0.1) is 17.0 Å². The number of piperidine rings is 1. The second-order valence-corrected chi connectivity index (χ2v) is 9.03. The van der Waals surface area contributed by atoms with Crippen molar-refractivity contribution in [2.45, 2.75) is 31.3 Å². The molecule has 3 atom stereocenters. The molecule has 9 nitrogen and oxygen atoms in total. The fourth-order valence-corrected chi connectivity index (χ4v) is 4.70. The van der Waals surface area contributed by atoms with Crippen molar-refractivity contribution in [3.05, 3.63) is 64.1 Å². The van der Waals surface area contributed by atoms with E-state index < -0.39 is 11.1 Å². The van der Waals surface area contributed by atoms with Crippen LogP contribution in [-0.4, -0.2) is 50.2 Å². The molecule has 0 bridgehead atoms. The number of aromatic nitrogens is 2. The number of nitriles is 1. The minimum Gasteiger partial charge on any atom is -0.488 e. The van der Waals surface area contributed by atoms with Gasteiger partial charge < -0.3 is 23.5 Å². The topological polar surface area (TPSA) is 118 Å². The molecular weight excluding hydrogens is 456 g/mol. The number of ether oxygens (including phenoxy) is 2. The first kappa shape index (κ1) is 23.9. The first-order valence-electron chi connectivity index (χ1n) is 11.0. The monoisotopic (exact) mass is 482 g/mol. The zero-order valence-corrected chi connectivity index (χ0v) is 19.8. The summed E-state index contributed by atoms with van der Waals surface area (Å²) in [6.07, 6.45) is 0.206. The number of fused-ring (bicyclic) bond motifs is 1. The molecule has 0 amide bonds. The summed E-state index contributed by atoms with van der Waals surface area (Å²) in [7, 11) is 1.69. The Morgan fingerprint density at radius 1 is 1.24 bits per heavy atom. The summed E-state index contributed by atoms with van der Waals surface area (Å²) < 4.78 is 33.8. The lowest BCUT2D eigenvalue weighted by molar-refractivity contribution is -0.0279. The van der Waals surface area contributed by atoms with E-state index in [0.29, 0.717) is 54.3 Å². The predicted molar refractivity (Wildman–Crippen MR) is 129 cm³/mol. The second kappa shape index (κ2) is 10.3. The lowest BCUT2D eigenvalue weighted by atomic mass is 10.0. The molecule has 10 heteroatoms. The molecule has 0 saturated carbocycles. The largest absolute Gasteiger partial charge is 0.488 e. The van der Waals surface area contributed by atoms with Crippen LogP contribution >= 0.6 is 0 Å². The van der Waals surface area contributed by atoms with Crippen LogP contribution in [0.1, 0.15) is 24.6 Å². The van der Waals surface area contributed by atoms with E-state index in [2.05, 4.69) is 16.0 Å². The van der Waals surface area contributed by atoms with Crippen molar-refractivity contribution in [2.75, 3.05) is 24.6 Å². The van der Waals surface area contributed by atoms with Crippen molar-refractivity contribution in [3.8, 4) is 11.8 Å². The molecule has 1 saturated heterocycles. The van der Waals surface area contributed by atoms with E-state index in [1.807, 2.05) is 6.92 Å². The SMILES string of the molecule is CCO[C@H]1CN(c2cc(=O)n(C)c3ccc(C#N)nc23)CC[C@@H]1Oc1ccc(CS(=O)O)cc1. The Morgan fingerprint density at radius 3 is 2.68 bits per heavy atom. The maximum atomic E-state index is 12.6. The Labute approximate surface area is 199 Å². The van der Waals surface area contributed by atoms with Crippen LogP contribution in [0.2, 0.25) is 0 Å². The summed E-state index contributed by atoms with van der Waals surface area (Å²) in [6, 6.07) is 14.1. The van der Waals surface area contributed by atoms with E-state index in [1.54, 1.807) is 49.5 Å². The van der Waals surface area contributed by atoms with Gasteiger partial charge in [-0.1, -0.05) is 12.1 Å². The van der Waals surface area contributed by atoms with Crippen molar-refractivity contribution in [1.29, 1.82) is 5.26 Å². The molecule has 3 heterocycles. The van der Waals surface area contributed by atoms with Crippen molar-refractivity contribution in [2.24, 2.45) is 7.05 Å². The molecule has 1 aliphatic heterocycles. The van der Waals surface area contributed by atoms with Crippen LogP contribution in [0.25, 0.3) is 11.0 Å². The third-order valence-corrected chi connectivity index (χ3v) is 6.48. The minimum absolute atomic E-state index is 0.0757. The van der Waals surface area contributed by atoms with E-state index >= 15 is 0 Å². The van der Waals surface area contributed by atoms with Gasteiger partial charge in [-0.15, -0.1) is 0 Å². The summed E-state index contributed by atoms with van der Waals surface area (Å²) in [5.41, 5.74) is 2.85. The van der Waals surface area contributed by atoms with Gasteiger partial charge in [-0.25, -0.2) is 9.19 Å². The molecule has 1 N–H and O–H groups in total. The number of nitrogens with zero attached hydrogens (tertiary/aromatic N) is 4. The first-order valence-corrected chi connectivity index (χ1v) is 12.3. The lowest BCUT2D eigenvalue weighted by Gasteiger charge is -2.39. The van der Waals surface area contributed by atoms with Gasteiger partial charge in [-0.3, -0.25) is 4.79 Å². The molecule has 34 heavy (non-hydrogen) atoms. The summed E-state index contributed by atoms with van der Waals surface area (Å²) in [6.45, 7) is 3.55. The van der Waals surface area contributed by atoms with Crippen LogP contribution in [0.4, 0.5) is 5.69 Å². The molecule has 1 aromatic carbocycles. The molecule has 0 aliphatic carbocycles. The maximum absolute atomic E-state index is 12.6. The van der Waals surface area contributed by atoms with Crippen molar-refractivity contribution < 1.29 is 18.2 Å². The fourth-order valence-electron chi connectivity index (χ4n) is 4.22. The highest BCUT2D eigenvalue weighted by atomic mass is 32.2. The standard InChI is InChI=1S/C24H26N4O5S/c1-3-32-22-14-28(11-10-21(22)33-18-7-4-16(5-8-18)15-34(30)31)20-12-23(29)27(2)19-9-6-17(13-25)26-24(19)20/h4-9,12,21-22H,3,10-11,14-15H2,1-2H3,(H,30,31)/t21-,22-/m0/s1. The number of pyridine rings is 2. The van der Waals surface area contributed by atoms with E-state index in [0.717, 1.165) is 5.56 Å². The molecule has 2 aromatic heterocycles. The van der Waals surface area contributed by atoms with Crippen LogP contribution in [0.15, 0.2) is 47.3 Å². The Hall–Kier alpha value is -3.26. The Bertz CT molecular complexity index is 1300. The number of anilines is 1. The number of rotatable bonds is 7. The van der Waals surface area contributed by atoms with Crippen LogP contribution in [0, 0.1) is 11.3 Å². The normalized spacial score (nSPS) is 19.1. The smallest absolute Gasteiger partial charge is 0.252 e. The van der Waals surface area contributed by atoms with E-state index in [9.17, 15) is 14.3 Å². The fraction of sp³-hybridized carbons (Fsp3) is 0.375. The third kappa shape index (κ3) is 5.12. The molecule has 178 valence electrons. The minimum atomic E-state index is -1.89. The Kier molecular flexibility index (Phi) is 7.26. The molecular formula is C24H26N4O5S. The van der Waals surface area contributed by atoms with Gasteiger partial charge in [-0.2, -0.15) is 5.26 Å². The van der Waals surface area contributed by atoms with Gasteiger partial charge in [0.25, 0.3) is 5.56 Å². The lowest BCUT2D eigenvalue weighted by Crippen LogP contribution is -2.50. The average molecular weight is 483 g/mol. The highest BCUT2D eigenvalue weighted by Crippen LogP contribution is 2.29. The number of aryl methyl sites for hydroxylation is 1.